The first-order chi connectivity index (χ1) is 10.8. The van der Waals surface area contributed by atoms with Crippen molar-refractivity contribution in [3.63, 3.8) is 0 Å². The molecule has 0 amide bonds. The molecule has 5 nitrogen and oxygen atoms in total. The van der Waals surface area contributed by atoms with E-state index in [1.54, 1.807) is 35.8 Å². The van der Waals surface area contributed by atoms with E-state index < -0.39 is 23.3 Å². The summed E-state index contributed by atoms with van der Waals surface area (Å²) in [5, 5.41) is 9.60. The Hall–Kier alpha value is -2.84. The van der Waals surface area contributed by atoms with E-state index in [2.05, 4.69) is 4.74 Å². The molecule has 0 heterocycles. The molecule has 0 aliphatic rings. The molecule has 1 N–H and O–H groups in total. The fourth-order valence-corrected chi connectivity index (χ4v) is 1.87. The SMILES string of the molecule is O=[N+]([O-])Nc1cccc(-c2ccccc2)c1OC(F)C(F)(F)F. The number of para-hydroxylation sites is 1. The number of ether oxygens (including phenoxy) is 1. The Kier molecular flexibility index (Phi) is 4.68. The number of anilines is 1. The molecule has 0 aliphatic heterocycles. The largest absolute Gasteiger partial charge is 0.457 e. The Labute approximate surface area is 127 Å². The topological polar surface area (TPSA) is 64.4 Å². The van der Waals surface area contributed by atoms with Crippen molar-refractivity contribution in [1.82, 2.24) is 0 Å². The van der Waals surface area contributed by atoms with E-state index in [-0.39, 0.29) is 11.3 Å². The minimum absolute atomic E-state index is 0.0874. The van der Waals surface area contributed by atoms with E-state index in [4.69, 9.17) is 0 Å². The predicted molar refractivity (Wildman–Crippen MR) is 74.1 cm³/mol. The van der Waals surface area contributed by atoms with Crippen LogP contribution in [0.2, 0.25) is 0 Å². The van der Waals surface area contributed by atoms with Crippen molar-refractivity contribution in [2.75, 3.05) is 5.43 Å². The van der Waals surface area contributed by atoms with E-state index in [0.717, 1.165) is 6.07 Å². The van der Waals surface area contributed by atoms with Crippen molar-refractivity contribution in [3.8, 4) is 16.9 Å². The highest BCUT2D eigenvalue weighted by molar-refractivity contribution is 5.77. The molecule has 0 aromatic heterocycles. The zero-order valence-electron chi connectivity index (χ0n) is 11.4. The molecule has 2 aromatic carbocycles. The normalized spacial score (nSPS) is 12.5. The Balaban J connectivity index is 2.52. The molecule has 0 bridgehead atoms. The van der Waals surface area contributed by atoms with Crippen molar-refractivity contribution in [1.29, 1.82) is 0 Å². The van der Waals surface area contributed by atoms with Crippen molar-refractivity contribution in [2.45, 2.75) is 12.5 Å². The van der Waals surface area contributed by atoms with Gasteiger partial charge in [0.15, 0.2) is 10.8 Å². The van der Waals surface area contributed by atoms with Gasteiger partial charge in [-0.15, -0.1) is 5.43 Å². The van der Waals surface area contributed by atoms with Crippen molar-refractivity contribution in [3.05, 3.63) is 58.6 Å². The minimum atomic E-state index is -5.25. The maximum atomic E-state index is 13.3. The molecule has 0 spiro atoms. The van der Waals surface area contributed by atoms with E-state index >= 15 is 0 Å². The third-order valence-electron chi connectivity index (χ3n) is 2.79. The standard InChI is InChI=1S/C14H10F4N2O3/c15-13(14(16,17)18)23-12-10(9-5-2-1-3-6-9)7-4-8-11(12)19-20(21)22/h1-8,13,19H. The van der Waals surface area contributed by atoms with E-state index in [0.29, 0.717) is 5.56 Å². The molecule has 0 saturated carbocycles. The summed E-state index contributed by atoms with van der Waals surface area (Å²) in [6.45, 7) is 0. The average Bonchev–Trinajstić information content (AvgIpc) is 2.48. The second-order valence-electron chi connectivity index (χ2n) is 4.39. The highest BCUT2D eigenvalue weighted by Gasteiger charge is 2.43. The molecular weight excluding hydrogens is 320 g/mol. The number of hydrogen-bond acceptors (Lipinski definition) is 3. The third-order valence-corrected chi connectivity index (χ3v) is 2.79. The molecule has 0 aliphatic carbocycles. The fraction of sp³-hybridized carbons (Fsp3) is 0.143. The Morgan fingerprint density at radius 2 is 1.74 bits per heavy atom. The molecule has 122 valence electrons. The number of nitrogens with one attached hydrogen (secondary N) is 1. The first-order valence-electron chi connectivity index (χ1n) is 6.26. The van der Waals surface area contributed by atoms with Crippen LogP contribution in [0.4, 0.5) is 23.2 Å². The quantitative estimate of drug-likeness (QED) is 0.507. The number of hydrogen-bond donors (Lipinski definition) is 1. The lowest BCUT2D eigenvalue weighted by atomic mass is 10.0. The summed E-state index contributed by atoms with van der Waals surface area (Å²) in [4.78, 5) is 10.6. The lowest BCUT2D eigenvalue weighted by Gasteiger charge is -2.18. The van der Waals surface area contributed by atoms with Gasteiger partial charge in [0.1, 0.15) is 5.69 Å². The van der Waals surface area contributed by atoms with Gasteiger partial charge in [-0.05, 0) is 11.6 Å². The van der Waals surface area contributed by atoms with Crippen molar-refractivity contribution in [2.24, 2.45) is 0 Å². The molecule has 2 rings (SSSR count). The number of rotatable bonds is 5. The van der Waals surface area contributed by atoms with Gasteiger partial charge < -0.3 is 4.74 Å². The summed E-state index contributed by atoms with van der Waals surface area (Å²) in [7, 11) is 0. The molecule has 0 fully saturated rings. The van der Waals surface area contributed by atoms with Crippen LogP contribution in [-0.2, 0) is 0 Å². The highest BCUT2D eigenvalue weighted by Crippen LogP contribution is 2.39. The Morgan fingerprint density at radius 3 is 2.30 bits per heavy atom. The van der Waals surface area contributed by atoms with Gasteiger partial charge in [0.05, 0.1) is 0 Å². The number of halogens is 4. The van der Waals surface area contributed by atoms with Crippen LogP contribution >= 0.6 is 0 Å². The van der Waals surface area contributed by atoms with Gasteiger partial charge in [-0.2, -0.15) is 17.6 Å². The summed E-state index contributed by atoms with van der Waals surface area (Å²) in [5.41, 5.74) is 1.83. The van der Waals surface area contributed by atoms with Gasteiger partial charge in [-0.1, -0.05) is 42.5 Å². The van der Waals surface area contributed by atoms with Gasteiger partial charge in [-0.3, -0.25) is 0 Å². The second-order valence-corrected chi connectivity index (χ2v) is 4.39. The van der Waals surface area contributed by atoms with Crippen LogP contribution in [0.15, 0.2) is 48.5 Å². The van der Waals surface area contributed by atoms with Crippen LogP contribution in [-0.4, -0.2) is 17.6 Å². The molecule has 0 saturated heterocycles. The molecule has 1 unspecified atom stereocenters. The van der Waals surface area contributed by atoms with Gasteiger partial charge in [0.25, 0.3) is 0 Å². The molecule has 9 heteroatoms. The van der Waals surface area contributed by atoms with Crippen LogP contribution in [0.5, 0.6) is 5.75 Å². The van der Waals surface area contributed by atoms with Gasteiger partial charge >= 0.3 is 12.5 Å². The van der Waals surface area contributed by atoms with Crippen LogP contribution in [0.25, 0.3) is 11.1 Å². The smallest absolute Gasteiger partial charge is 0.449 e. The Morgan fingerprint density at radius 1 is 1.09 bits per heavy atom. The highest BCUT2D eigenvalue weighted by atomic mass is 19.4. The molecule has 23 heavy (non-hydrogen) atoms. The minimum Gasteiger partial charge on any atom is -0.449 e. The number of nitrogens with zero attached hydrogens (tertiary/aromatic N) is 1. The van der Waals surface area contributed by atoms with E-state index in [9.17, 15) is 27.7 Å². The number of hydrazine groups is 1. The lowest BCUT2D eigenvalue weighted by molar-refractivity contribution is -0.445. The van der Waals surface area contributed by atoms with Gasteiger partial charge in [-0.25, -0.2) is 10.1 Å². The van der Waals surface area contributed by atoms with Crippen LogP contribution in [0.3, 0.4) is 0 Å². The zero-order chi connectivity index (χ0) is 17.0. The number of alkyl halides is 4. The zero-order valence-corrected chi connectivity index (χ0v) is 11.4. The predicted octanol–water partition coefficient (Wildman–Crippen LogP) is 4.19. The third kappa shape index (κ3) is 4.09. The first-order valence-corrected chi connectivity index (χ1v) is 6.26. The van der Waals surface area contributed by atoms with Crippen LogP contribution in [0.1, 0.15) is 0 Å². The van der Waals surface area contributed by atoms with Crippen LogP contribution in [0, 0.1) is 10.1 Å². The number of benzene rings is 2. The molecular formula is C14H10F4N2O3. The fourth-order valence-electron chi connectivity index (χ4n) is 1.87. The van der Waals surface area contributed by atoms with E-state index in [1.807, 2.05) is 0 Å². The summed E-state index contributed by atoms with van der Waals surface area (Å²) >= 11 is 0. The Bertz CT molecular complexity index is 692. The van der Waals surface area contributed by atoms with E-state index in [1.165, 1.54) is 12.1 Å². The lowest BCUT2D eigenvalue weighted by Crippen LogP contribution is -2.30. The summed E-state index contributed by atoms with van der Waals surface area (Å²) < 4.78 is 54.8. The van der Waals surface area contributed by atoms with Crippen molar-refractivity contribution >= 4 is 5.69 Å². The van der Waals surface area contributed by atoms with Crippen LogP contribution < -0.4 is 10.2 Å². The monoisotopic (exact) mass is 330 g/mol. The average molecular weight is 330 g/mol. The molecule has 2 aromatic rings. The maximum Gasteiger partial charge on any atom is 0.457 e. The summed E-state index contributed by atoms with van der Waals surface area (Å²) in [6, 6.07) is 11.9. The van der Waals surface area contributed by atoms with Gasteiger partial charge in [0, 0.05) is 5.56 Å². The second kappa shape index (κ2) is 6.51. The summed E-state index contributed by atoms with van der Waals surface area (Å²) in [6.07, 6.45) is -8.87. The number of nitro groups is 1. The molecule has 1 atom stereocenters. The molecule has 0 radical (unpaired) electrons. The van der Waals surface area contributed by atoms with Gasteiger partial charge in [0.2, 0.25) is 0 Å². The first kappa shape index (κ1) is 16.5. The summed E-state index contributed by atoms with van der Waals surface area (Å²) in [5.74, 6) is -0.597. The maximum absolute atomic E-state index is 13.3. The van der Waals surface area contributed by atoms with Crippen molar-refractivity contribution < 1.29 is 27.3 Å².